The number of hydrogen-bond acceptors (Lipinski definition) is 4. The number of carbonyl (C=O) groups excluding carboxylic acids is 1. The Labute approximate surface area is 114 Å². The summed E-state index contributed by atoms with van der Waals surface area (Å²) in [5.41, 5.74) is 1.05. The number of ether oxygens (including phenoxy) is 1. The maximum absolute atomic E-state index is 11.8. The number of methoxy groups -OCH3 is 1. The molecule has 1 unspecified atom stereocenters. The van der Waals surface area contributed by atoms with Crippen molar-refractivity contribution in [1.29, 1.82) is 0 Å². The van der Waals surface area contributed by atoms with Crippen LogP contribution in [0.25, 0.3) is 0 Å². The van der Waals surface area contributed by atoms with E-state index in [0.29, 0.717) is 0 Å². The fraction of sp³-hybridized carbons (Fsp3) is 0.533. The van der Waals surface area contributed by atoms with Gasteiger partial charge < -0.3 is 9.84 Å². The van der Waals surface area contributed by atoms with Crippen LogP contribution < -0.4 is 5.32 Å². The molecule has 19 heavy (non-hydrogen) atoms. The van der Waals surface area contributed by atoms with E-state index >= 15 is 0 Å². The minimum absolute atomic E-state index is 0.0621. The SMILES string of the molecule is CCC(N[C@H](C(=O)OC)C(C)C)c1ccc(O)cc1. The van der Waals surface area contributed by atoms with E-state index in [2.05, 4.69) is 12.2 Å². The first-order valence-electron chi connectivity index (χ1n) is 6.62. The van der Waals surface area contributed by atoms with Crippen molar-refractivity contribution in [2.24, 2.45) is 5.92 Å². The summed E-state index contributed by atoms with van der Waals surface area (Å²) in [5, 5.41) is 12.6. The zero-order valence-electron chi connectivity index (χ0n) is 12.0. The molecule has 0 aliphatic carbocycles. The summed E-state index contributed by atoms with van der Waals surface area (Å²) in [7, 11) is 1.40. The lowest BCUT2D eigenvalue weighted by Gasteiger charge is -2.26. The summed E-state index contributed by atoms with van der Waals surface area (Å²) >= 11 is 0. The third-order valence-electron chi connectivity index (χ3n) is 3.21. The summed E-state index contributed by atoms with van der Waals surface area (Å²) in [5.74, 6) is 0.151. The van der Waals surface area contributed by atoms with Crippen LogP contribution in [0.5, 0.6) is 5.75 Å². The Morgan fingerprint density at radius 2 is 1.89 bits per heavy atom. The van der Waals surface area contributed by atoms with Gasteiger partial charge in [0.2, 0.25) is 0 Å². The Kier molecular flexibility index (Phi) is 5.83. The highest BCUT2D eigenvalue weighted by molar-refractivity contribution is 5.76. The molecule has 2 N–H and O–H groups in total. The van der Waals surface area contributed by atoms with Gasteiger partial charge in [-0.15, -0.1) is 0 Å². The average molecular weight is 265 g/mol. The lowest BCUT2D eigenvalue weighted by Crippen LogP contribution is -2.43. The van der Waals surface area contributed by atoms with Crippen LogP contribution >= 0.6 is 0 Å². The maximum Gasteiger partial charge on any atom is 0.323 e. The Morgan fingerprint density at radius 3 is 2.32 bits per heavy atom. The third kappa shape index (κ3) is 4.24. The molecule has 0 heterocycles. The Hall–Kier alpha value is -1.55. The number of phenols is 1. The van der Waals surface area contributed by atoms with Gasteiger partial charge in [0.1, 0.15) is 11.8 Å². The quantitative estimate of drug-likeness (QED) is 0.776. The second kappa shape index (κ2) is 7.14. The summed E-state index contributed by atoms with van der Waals surface area (Å²) in [6, 6.07) is 6.77. The molecule has 0 fully saturated rings. The van der Waals surface area contributed by atoms with Gasteiger partial charge >= 0.3 is 5.97 Å². The zero-order chi connectivity index (χ0) is 14.4. The van der Waals surface area contributed by atoms with E-state index in [1.54, 1.807) is 12.1 Å². The summed E-state index contributed by atoms with van der Waals surface area (Å²) in [4.78, 5) is 11.8. The van der Waals surface area contributed by atoms with Crippen molar-refractivity contribution >= 4 is 5.97 Å². The Bertz CT molecular complexity index is 400. The normalized spacial score (nSPS) is 14.2. The number of aromatic hydroxyl groups is 1. The molecule has 0 aliphatic rings. The molecule has 1 rings (SSSR count). The van der Waals surface area contributed by atoms with Gasteiger partial charge in [0.05, 0.1) is 7.11 Å². The molecule has 1 aromatic carbocycles. The van der Waals surface area contributed by atoms with E-state index < -0.39 is 0 Å². The molecule has 4 nitrogen and oxygen atoms in total. The van der Waals surface area contributed by atoms with Crippen LogP contribution in [-0.2, 0) is 9.53 Å². The standard InChI is InChI=1S/C15H23NO3/c1-5-13(11-6-8-12(17)9-7-11)16-14(10(2)3)15(18)19-4/h6-10,13-14,16-17H,5H2,1-4H3/t13?,14-/m0/s1. The van der Waals surface area contributed by atoms with E-state index in [1.807, 2.05) is 26.0 Å². The number of nitrogens with one attached hydrogen (secondary N) is 1. The van der Waals surface area contributed by atoms with Gasteiger partial charge in [-0.25, -0.2) is 0 Å². The molecular weight excluding hydrogens is 242 g/mol. The van der Waals surface area contributed by atoms with Crippen molar-refractivity contribution in [2.75, 3.05) is 7.11 Å². The molecule has 0 saturated carbocycles. The van der Waals surface area contributed by atoms with Crippen LogP contribution in [0.15, 0.2) is 24.3 Å². The molecule has 0 saturated heterocycles. The molecule has 1 aromatic rings. The van der Waals surface area contributed by atoms with Crippen molar-refractivity contribution in [1.82, 2.24) is 5.32 Å². The van der Waals surface area contributed by atoms with Crippen LogP contribution in [0.2, 0.25) is 0 Å². The minimum atomic E-state index is -0.330. The van der Waals surface area contributed by atoms with E-state index in [9.17, 15) is 9.90 Å². The van der Waals surface area contributed by atoms with Crippen LogP contribution in [0.1, 0.15) is 38.8 Å². The molecule has 0 aromatic heterocycles. The van der Waals surface area contributed by atoms with Crippen molar-refractivity contribution in [3.8, 4) is 5.75 Å². The van der Waals surface area contributed by atoms with Gasteiger partial charge in [-0.05, 0) is 30.0 Å². The first-order valence-corrected chi connectivity index (χ1v) is 6.62. The average Bonchev–Trinajstić information content (AvgIpc) is 2.40. The molecule has 0 spiro atoms. The highest BCUT2D eigenvalue weighted by atomic mass is 16.5. The second-order valence-electron chi connectivity index (χ2n) is 4.96. The van der Waals surface area contributed by atoms with Crippen molar-refractivity contribution < 1.29 is 14.6 Å². The van der Waals surface area contributed by atoms with Crippen molar-refractivity contribution in [3.05, 3.63) is 29.8 Å². The smallest absolute Gasteiger partial charge is 0.323 e. The van der Waals surface area contributed by atoms with Crippen LogP contribution in [0, 0.1) is 5.92 Å². The number of hydrogen-bond donors (Lipinski definition) is 2. The third-order valence-corrected chi connectivity index (χ3v) is 3.21. The molecular formula is C15H23NO3. The van der Waals surface area contributed by atoms with E-state index in [1.165, 1.54) is 7.11 Å². The van der Waals surface area contributed by atoms with Gasteiger partial charge in [-0.1, -0.05) is 32.9 Å². The lowest BCUT2D eigenvalue weighted by molar-refractivity contribution is -0.144. The van der Waals surface area contributed by atoms with Crippen molar-refractivity contribution in [3.63, 3.8) is 0 Å². The second-order valence-corrected chi connectivity index (χ2v) is 4.96. The van der Waals surface area contributed by atoms with Gasteiger partial charge in [-0.2, -0.15) is 0 Å². The number of benzene rings is 1. The minimum Gasteiger partial charge on any atom is -0.508 e. The van der Waals surface area contributed by atoms with E-state index in [-0.39, 0.29) is 29.7 Å². The van der Waals surface area contributed by atoms with Crippen LogP contribution in [-0.4, -0.2) is 24.2 Å². The monoisotopic (exact) mass is 265 g/mol. The number of esters is 1. The van der Waals surface area contributed by atoms with Gasteiger partial charge in [0, 0.05) is 6.04 Å². The first kappa shape index (κ1) is 15.5. The number of rotatable bonds is 6. The summed E-state index contributed by atoms with van der Waals surface area (Å²) < 4.78 is 4.83. The fourth-order valence-corrected chi connectivity index (χ4v) is 2.03. The van der Waals surface area contributed by atoms with E-state index in [4.69, 9.17) is 4.74 Å². The van der Waals surface area contributed by atoms with Gasteiger partial charge in [0.15, 0.2) is 0 Å². The molecule has 0 radical (unpaired) electrons. The zero-order valence-corrected chi connectivity index (χ0v) is 12.0. The Morgan fingerprint density at radius 1 is 1.32 bits per heavy atom. The number of phenolic OH excluding ortho intramolecular Hbond substituents is 1. The molecule has 0 bridgehead atoms. The molecule has 0 aliphatic heterocycles. The van der Waals surface area contributed by atoms with Crippen LogP contribution in [0.4, 0.5) is 0 Å². The largest absolute Gasteiger partial charge is 0.508 e. The Balaban J connectivity index is 2.85. The lowest BCUT2D eigenvalue weighted by atomic mass is 9.99. The maximum atomic E-state index is 11.8. The van der Waals surface area contributed by atoms with Crippen LogP contribution in [0.3, 0.4) is 0 Å². The topological polar surface area (TPSA) is 58.6 Å². The molecule has 0 amide bonds. The number of carbonyl (C=O) groups is 1. The van der Waals surface area contributed by atoms with Gasteiger partial charge in [-0.3, -0.25) is 10.1 Å². The molecule has 2 atom stereocenters. The molecule has 4 heteroatoms. The highest BCUT2D eigenvalue weighted by Gasteiger charge is 2.25. The fourth-order valence-electron chi connectivity index (χ4n) is 2.03. The highest BCUT2D eigenvalue weighted by Crippen LogP contribution is 2.21. The van der Waals surface area contributed by atoms with Gasteiger partial charge in [0.25, 0.3) is 0 Å². The summed E-state index contributed by atoms with van der Waals surface area (Å²) in [6.07, 6.45) is 0.852. The van der Waals surface area contributed by atoms with E-state index in [0.717, 1.165) is 12.0 Å². The van der Waals surface area contributed by atoms with Crippen molar-refractivity contribution in [2.45, 2.75) is 39.3 Å². The summed E-state index contributed by atoms with van der Waals surface area (Å²) in [6.45, 7) is 6.02. The predicted octanol–water partition coefficient (Wildman–Crippen LogP) is 2.63. The predicted molar refractivity (Wildman–Crippen MR) is 74.9 cm³/mol. The first-order chi connectivity index (χ1) is 8.99. The molecule has 106 valence electrons.